The van der Waals surface area contributed by atoms with Crippen LogP contribution in [0.3, 0.4) is 0 Å². The molecule has 3 rings (SSSR count). The van der Waals surface area contributed by atoms with E-state index in [4.69, 9.17) is 0 Å². The number of rotatable bonds is 4. The van der Waals surface area contributed by atoms with E-state index in [-0.39, 0.29) is 18.9 Å². The SMILES string of the molecule is CC1(C(=O)O)CCCN(C(=O)Cc2csc(-c3ccccc3)n2)C1. The molecule has 1 atom stereocenters. The highest BCUT2D eigenvalue weighted by atomic mass is 32.1. The Labute approximate surface area is 145 Å². The average molecular weight is 344 g/mol. The minimum absolute atomic E-state index is 0.0490. The van der Waals surface area contributed by atoms with E-state index in [9.17, 15) is 14.7 Å². The molecule has 1 aliphatic heterocycles. The molecule has 0 spiro atoms. The lowest BCUT2D eigenvalue weighted by Crippen LogP contribution is -2.48. The quantitative estimate of drug-likeness (QED) is 0.925. The zero-order valence-corrected chi connectivity index (χ0v) is 14.4. The van der Waals surface area contributed by atoms with E-state index in [0.29, 0.717) is 13.0 Å². The Bertz CT molecular complexity index is 744. The Morgan fingerprint density at radius 1 is 1.33 bits per heavy atom. The Balaban J connectivity index is 1.67. The Morgan fingerprint density at radius 3 is 2.79 bits per heavy atom. The number of aromatic nitrogens is 1. The van der Waals surface area contributed by atoms with Gasteiger partial charge in [-0.2, -0.15) is 0 Å². The van der Waals surface area contributed by atoms with E-state index >= 15 is 0 Å². The highest BCUT2D eigenvalue weighted by molar-refractivity contribution is 7.13. The van der Waals surface area contributed by atoms with Crippen molar-refractivity contribution in [2.24, 2.45) is 5.41 Å². The lowest BCUT2D eigenvalue weighted by atomic mass is 9.82. The average Bonchev–Trinajstić information content (AvgIpc) is 3.04. The number of piperidine rings is 1. The standard InChI is InChI=1S/C18H20N2O3S/c1-18(17(22)23)8-5-9-20(12-18)15(21)10-14-11-24-16(19-14)13-6-3-2-4-7-13/h2-4,6-7,11H,5,8-10,12H2,1H3,(H,22,23). The van der Waals surface area contributed by atoms with Gasteiger partial charge in [0.15, 0.2) is 0 Å². The van der Waals surface area contributed by atoms with E-state index in [1.807, 2.05) is 35.7 Å². The third-order valence-electron chi connectivity index (χ3n) is 4.47. The second-order valence-electron chi connectivity index (χ2n) is 6.47. The lowest BCUT2D eigenvalue weighted by Gasteiger charge is -2.37. The second-order valence-corrected chi connectivity index (χ2v) is 7.33. The largest absolute Gasteiger partial charge is 0.481 e. The Morgan fingerprint density at radius 2 is 2.08 bits per heavy atom. The third kappa shape index (κ3) is 3.48. The zero-order chi connectivity index (χ0) is 17.2. The fraction of sp³-hybridized carbons (Fsp3) is 0.389. The summed E-state index contributed by atoms with van der Waals surface area (Å²) in [6, 6.07) is 9.86. The summed E-state index contributed by atoms with van der Waals surface area (Å²) >= 11 is 1.52. The summed E-state index contributed by atoms with van der Waals surface area (Å²) in [7, 11) is 0. The van der Waals surface area contributed by atoms with Crippen LogP contribution < -0.4 is 0 Å². The Kier molecular flexibility index (Phi) is 4.66. The van der Waals surface area contributed by atoms with Crippen LogP contribution in [0.4, 0.5) is 0 Å². The van der Waals surface area contributed by atoms with Crippen molar-refractivity contribution in [1.29, 1.82) is 0 Å². The summed E-state index contributed by atoms with van der Waals surface area (Å²) in [6.07, 6.45) is 1.56. The van der Waals surface area contributed by atoms with E-state index in [0.717, 1.165) is 22.7 Å². The van der Waals surface area contributed by atoms with E-state index in [1.165, 1.54) is 11.3 Å². The third-order valence-corrected chi connectivity index (χ3v) is 5.41. The molecule has 1 fully saturated rings. The zero-order valence-electron chi connectivity index (χ0n) is 13.6. The number of carboxylic acid groups (broad SMARTS) is 1. The molecule has 0 radical (unpaired) electrons. The Hall–Kier alpha value is -2.21. The van der Waals surface area contributed by atoms with Crippen LogP contribution >= 0.6 is 11.3 Å². The number of hydrogen-bond donors (Lipinski definition) is 1. The highest BCUT2D eigenvalue weighted by Gasteiger charge is 2.39. The van der Waals surface area contributed by atoms with Crippen LogP contribution in [0.1, 0.15) is 25.5 Å². The number of carbonyl (C=O) groups is 2. The maximum Gasteiger partial charge on any atom is 0.311 e. The molecule has 6 heteroatoms. The number of hydrogen-bond acceptors (Lipinski definition) is 4. The van der Waals surface area contributed by atoms with Gasteiger partial charge in [0.25, 0.3) is 0 Å². The van der Waals surface area contributed by atoms with Crippen LogP contribution in [0.2, 0.25) is 0 Å². The highest BCUT2D eigenvalue weighted by Crippen LogP contribution is 2.30. The fourth-order valence-corrected chi connectivity index (χ4v) is 3.82. The van der Waals surface area contributed by atoms with Crippen LogP contribution in [-0.4, -0.2) is 40.0 Å². The maximum absolute atomic E-state index is 12.5. The van der Waals surface area contributed by atoms with E-state index in [1.54, 1.807) is 11.8 Å². The van der Waals surface area contributed by atoms with E-state index in [2.05, 4.69) is 4.98 Å². The molecule has 1 aliphatic rings. The molecule has 1 aromatic carbocycles. The van der Waals surface area contributed by atoms with Gasteiger partial charge in [0.2, 0.25) is 5.91 Å². The molecular weight excluding hydrogens is 324 g/mol. The molecule has 1 N–H and O–H groups in total. The number of benzene rings is 1. The molecule has 1 unspecified atom stereocenters. The summed E-state index contributed by atoms with van der Waals surface area (Å²) in [5.41, 5.74) is 0.939. The van der Waals surface area contributed by atoms with Gasteiger partial charge in [-0.25, -0.2) is 4.98 Å². The van der Waals surface area contributed by atoms with Crippen LogP contribution in [0.15, 0.2) is 35.7 Å². The van der Waals surface area contributed by atoms with Crippen molar-refractivity contribution >= 4 is 23.2 Å². The van der Waals surface area contributed by atoms with Gasteiger partial charge < -0.3 is 10.0 Å². The second kappa shape index (κ2) is 6.73. The number of likely N-dealkylation sites (tertiary alicyclic amines) is 1. The number of carbonyl (C=O) groups excluding carboxylic acids is 1. The van der Waals surface area contributed by atoms with Gasteiger partial charge in [-0.3, -0.25) is 9.59 Å². The van der Waals surface area contributed by atoms with Gasteiger partial charge >= 0.3 is 5.97 Å². The number of aliphatic carboxylic acids is 1. The normalized spacial score (nSPS) is 20.8. The molecule has 1 saturated heterocycles. The summed E-state index contributed by atoms with van der Waals surface area (Å²) in [4.78, 5) is 30.1. The summed E-state index contributed by atoms with van der Waals surface area (Å²) in [5, 5.41) is 12.2. The molecule has 0 aliphatic carbocycles. The monoisotopic (exact) mass is 344 g/mol. The van der Waals surface area contributed by atoms with Crippen molar-refractivity contribution in [3.05, 3.63) is 41.4 Å². The summed E-state index contributed by atoms with van der Waals surface area (Å²) in [6.45, 7) is 2.61. The molecule has 1 aromatic heterocycles. The molecule has 1 amide bonds. The van der Waals surface area contributed by atoms with Gasteiger partial charge in [0.05, 0.1) is 17.5 Å². The summed E-state index contributed by atoms with van der Waals surface area (Å²) < 4.78 is 0. The van der Waals surface area contributed by atoms with Crippen molar-refractivity contribution in [2.75, 3.05) is 13.1 Å². The first-order valence-electron chi connectivity index (χ1n) is 7.99. The van der Waals surface area contributed by atoms with E-state index < -0.39 is 11.4 Å². The van der Waals surface area contributed by atoms with Gasteiger partial charge in [-0.1, -0.05) is 30.3 Å². The number of amides is 1. The molecule has 2 aromatic rings. The van der Waals surface area contributed by atoms with Gasteiger partial charge in [-0.05, 0) is 19.8 Å². The van der Waals surface area contributed by atoms with Crippen molar-refractivity contribution in [3.63, 3.8) is 0 Å². The molecule has 126 valence electrons. The van der Waals surface area contributed by atoms with Crippen molar-refractivity contribution in [2.45, 2.75) is 26.2 Å². The molecule has 0 saturated carbocycles. The van der Waals surface area contributed by atoms with Gasteiger partial charge in [0, 0.05) is 24.0 Å². The predicted octanol–water partition coefficient (Wildman–Crippen LogP) is 3.07. The minimum atomic E-state index is -0.842. The van der Waals surface area contributed by atoms with Gasteiger partial charge in [0.1, 0.15) is 5.01 Å². The van der Waals surface area contributed by atoms with Crippen LogP contribution in [-0.2, 0) is 16.0 Å². The van der Waals surface area contributed by atoms with Crippen molar-refractivity contribution < 1.29 is 14.7 Å². The fourth-order valence-electron chi connectivity index (χ4n) is 3.00. The summed E-state index contributed by atoms with van der Waals surface area (Å²) in [5.74, 6) is -0.882. The first-order valence-corrected chi connectivity index (χ1v) is 8.87. The first kappa shape index (κ1) is 16.6. The van der Waals surface area contributed by atoms with Crippen LogP contribution in [0, 0.1) is 5.41 Å². The van der Waals surface area contributed by atoms with Crippen LogP contribution in [0.5, 0.6) is 0 Å². The molecular formula is C18H20N2O3S. The predicted molar refractivity (Wildman–Crippen MR) is 92.8 cm³/mol. The molecule has 24 heavy (non-hydrogen) atoms. The van der Waals surface area contributed by atoms with Crippen molar-refractivity contribution in [1.82, 2.24) is 9.88 Å². The smallest absolute Gasteiger partial charge is 0.311 e. The topological polar surface area (TPSA) is 70.5 Å². The van der Waals surface area contributed by atoms with Crippen molar-refractivity contribution in [3.8, 4) is 10.6 Å². The first-order chi connectivity index (χ1) is 11.5. The lowest BCUT2D eigenvalue weighted by molar-refractivity contribution is -0.153. The molecule has 5 nitrogen and oxygen atoms in total. The number of nitrogens with zero attached hydrogens (tertiary/aromatic N) is 2. The van der Waals surface area contributed by atoms with Crippen LogP contribution in [0.25, 0.3) is 10.6 Å². The molecule has 0 bridgehead atoms. The maximum atomic E-state index is 12.5. The minimum Gasteiger partial charge on any atom is -0.481 e. The number of carboxylic acids is 1. The molecule has 2 heterocycles. The van der Waals surface area contributed by atoms with Gasteiger partial charge in [-0.15, -0.1) is 11.3 Å². The number of thiazole rings is 1.